The first-order valence-electron chi connectivity index (χ1n) is 9.35. The van der Waals surface area contributed by atoms with Gasteiger partial charge in [-0.25, -0.2) is 8.42 Å². The number of fused-ring (bicyclic) bond motifs is 1. The van der Waals surface area contributed by atoms with Crippen LogP contribution in [0.3, 0.4) is 0 Å². The Balaban J connectivity index is 1.33. The van der Waals surface area contributed by atoms with Crippen molar-refractivity contribution in [3.05, 3.63) is 60.2 Å². The van der Waals surface area contributed by atoms with E-state index in [9.17, 15) is 8.42 Å². The molecule has 0 amide bonds. The van der Waals surface area contributed by atoms with E-state index in [1.807, 2.05) is 42.5 Å². The molecule has 0 aromatic heterocycles. The zero-order chi connectivity index (χ0) is 19.1. The Morgan fingerprint density at radius 2 is 1.81 bits per heavy atom. The highest BCUT2D eigenvalue weighted by Crippen LogP contribution is 2.63. The van der Waals surface area contributed by atoms with E-state index in [2.05, 4.69) is 22.6 Å². The van der Waals surface area contributed by atoms with Gasteiger partial charge in [0.2, 0.25) is 10.0 Å². The van der Waals surface area contributed by atoms with Crippen LogP contribution in [0.4, 0.5) is 5.69 Å². The second-order valence-corrected chi connectivity index (χ2v) is 9.62. The van der Waals surface area contributed by atoms with Crippen molar-refractivity contribution >= 4 is 15.7 Å². The summed E-state index contributed by atoms with van der Waals surface area (Å²) < 4.78 is 31.4. The van der Waals surface area contributed by atoms with Gasteiger partial charge in [-0.05, 0) is 41.7 Å². The van der Waals surface area contributed by atoms with Crippen molar-refractivity contribution in [2.75, 3.05) is 37.2 Å². The lowest BCUT2D eigenvalue weighted by molar-refractivity contribution is 0.213. The number of hydrogen-bond donors (Lipinski definition) is 1. The van der Waals surface area contributed by atoms with Gasteiger partial charge in [-0.1, -0.05) is 37.3 Å². The fourth-order valence-electron chi connectivity index (χ4n) is 4.51. The number of sulfonamides is 1. The molecule has 4 rings (SSSR count). The van der Waals surface area contributed by atoms with Gasteiger partial charge in [0.1, 0.15) is 12.4 Å². The number of ether oxygens (including phenoxy) is 1. The Hall–Kier alpha value is -2.05. The van der Waals surface area contributed by atoms with Crippen LogP contribution in [0.15, 0.2) is 54.6 Å². The highest BCUT2D eigenvalue weighted by molar-refractivity contribution is 7.92. The molecule has 1 saturated heterocycles. The van der Waals surface area contributed by atoms with E-state index in [0.29, 0.717) is 24.1 Å². The zero-order valence-electron chi connectivity index (χ0n) is 15.8. The van der Waals surface area contributed by atoms with E-state index >= 15 is 0 Å². The highest BCUT2D eigenvalue weighted by atomic mass is 32.2. The normalized spacial score (nSPS) is 27.2. The van der Waals surface area contributed by atoms with Gasteiger partial charge < -0.3 is 4.74 Å². The number of benzene rings is 2. The van der Waals surface area contributed by atoms with Crippen LogP contribution < -0.4 is 9.46 Å². The lowest BCUT2D eigenvalue weighted by Crippen LogP contribution is -2.32. The van der Waals surface area contributed by atoms with Gasteiger partial charge in [-0.3, -0.25) is 9.62 Å². The number of hydrogen-bond acceptors (Lipinski definition) is 4. The van der Waals surface area contributed by atoms with E-state index in [0.717, 1.165) is 25.4 Å². The third-order valence-corrected chi connectivity index (χ3v) is 6.64. The van der Waals surface area contributed by atoms with Gasteiger partial charge >= 0.3 is 0 Å². The first-order chi connectivity index (χ1) is 12.9. The summed E-state index contributed by atoms with van der Waals surface area (Å²) in [6.45, 7) is 6.09. The van der Waals surface area contributed by atoms with Gasteiger partial charge in [-0.2, -0.15) is 0 Å². The smallest absolute Gasteiger partial charge is 0.229 e. The summed E-state index contributed by atoms with van der Waals surface area (Å²) in [5, 5.41) is 0. The topological polar surface area (TPSA) is 58.6 Å². The molecule has 2 aromatic rings. The summed E-state index contributed by atoms with van der Waals surface area (Å²) in [6, 6.07) is 17.8. The van der Waals surface area contributed by atoms with Gasteiger partial charge in [0.05, 0.1) is 6.26 Å². The largest absolute Gasteiger partial charge is 0.492 e. The van der Waals surface area contributed by atoms with Gasteiger partial charge in [-0.15, -0.1) is 0 Å². The SMILES string of the molecule is CC1(c2cccc(NS(C)(=O)=O)c2)C2CN(CCOc3ccccc3)CC21. The van der Waals surface area contributed by atoms with E-state index < -0.39 is 10.0 Å². The van der Waals surface area contributed by atoms with Crippen molar-refractivity contribution in [1.29, 1.82) is 0 Å². The van der Waals surface area contributed by atoms with Crippen LogP contribution in [0.2, 0.25) is 0 Å². The van der Waals surface area contributed by atoms with Crippen LogP contribution in [-0.2, 0) is 15.4 Å². The van der Waals surface area contributed by atoms with Gasteiger partial charge in [0.25, 0.3) is 0 Å². The van der Waals surface area contributed by atoms with Crippen LogP contribution in [0, 0.1) is 11.8 Å². The summed E-state index contributed by atoms with van der Waals surface area (Å²) in [5.41, 5.74) is 2.02. The zero-order valence-corrected chi connectivity index (χ0v) is 16.6. The van der Waals surface area contributed by atoms with Gasteiger partial charge in [0.15, 0.2) is 0 Å². The third kappa shape index (κ3) is 3.82. The number of piperidine rings is 1. The molecule has 1 aliphatic carbocycles. The molecule has 0 spiro atoms. The Bertz CT molecular complexity index is 902. The van der Waals surface area contributed by atoms with Gasteiger partial charge in [0, 0.05) is 30.7 Å². The maximum atomic E-state index is 11.5. The molecule has 1 saturated carbocycles. The lowest BCUT2D eigenvalue weighted by Gasteiger charge is -2.24. The number of likely N-dealkylation sites (tertiary alicyclic amines) is 1. The second kappa shape index (κ2) is 6.84. The average Bonchev–Trinajstić information content (AvgIpc) is 2.98. The van der Waals surface area contributed by atoms with Crippen molar-refractivity contribution in [3.8, 4) is 5.75 Å². The Labute approximate surface area is 161 Å². The first-order valence-corrected chi connectivity index (χ1v) is 11.2. The second-order valence-electron chi connectivity index (χ2n) is 7.87. The molecule has 1 N–H and O–H groups in total. The quantitative estimate of drug-likeness (QED) is 0.795. The predicted octanol–water partition coefficient (Wildman–Crippen LogP) is 2.96. The molecule has 5 nitrogen and oxygen atoms in total. The molecule has 2 aliphatic rings. The number of anilines is 1. The minimum Gasteiger partial charge on any atom is -0.492 e. The molecule has 1 heterocycles. The van der Waals surface area contributed by atoms with E-state index in [-0.39, 0.29) is 5.41 Å². The van der Waals surface area contributed by atoms with Crippen molar-refractivity contribution < 1.29 is 13.2 Å². The molecule has 0 radical (unpaired) electrons. The summed E-state index contributed by atoms with van der Waals surface area (Å²) in [4.78, 5) is 2.47. The van der Waals surface area contributed by atoms with Crippen LogP contribution in [-0.4, -0.2) is 45.8 Å². The molecule has 2 fully saturated rings. The number of nitrogens with one attached hydrogen (secondary N) is 1. The summed E-state index contributed by atoms with van der Waals surface area (Å²) in [5.74, 6) is 2.17. The van der Waals surface area contributed by atoms with Crippen LogP contribution in [0.5, 0.6) is 5.75 Å². The van der Waals surface area contributed by atoms with Crippen molar-refractivity contribution in [1.82, 2.24) is 4.90 Å². The summed E-state index contributed by atoms with van der Waals surface area (Å²) >= 11 is 0. The fraction of sp³-hybridized carbons (Fsp3) is 0.429. The summed E-state index contributed by atoms with van der Waals surface area (Å²) in [7, 11) is -3.25. The highest BCUT2D eigenvalue weighted by Gasteiger charge is 2.65. The van der Waals surface area contributed by atoms with E-state index in [1.165, 1.54) is 11.8 Å². The van der Waals surface area contributed by atoms with Crippen LogP contribution in [0.1, 0.15) is 12.5 Å². The minimum absolute atomic E-state index is 0.145. The van der Waals surface area contributed by atoms with Crippen molar-refractivity contribution in [3.63, 3.8) is 0 Å². The molecular weight excluding hydrogens is 360 g/mol. The van der Waals surface area contributed by atoms with Crippen LogP contribution >= 0.6 is 0 Å². The molecule has 2 aromatic carbocycles. The molecule has 0 bridgehead atoms. The molecule has 6 heteroatoms. The maximum Gasteiger partial charge on any atom is 0.229 e. The number of rotatable bonds is 7. The predicted molar refractivity (Wildman–Crippen MR) is 108 cm³/mol. The van der Waals surface area contributed by atoms with Crippen molar-refractivity contribution in [2.24, 2.45) is 11.8 Å². The Morgan fingerprint density at radius 3 is 2.48 bits per heavy atom. The fourth-order valence-corrected chi connectivity index (χ4v) is 5.07. The molecule has 1 aliphatic heterocycles. The number of para-hydroxylation sites is 1. The van der Waals surface area contributed by atoms with Crippen molar-refractivity contribution in [2.45, 2.75) is 12.3 Å². The molecular formula is C21H26N2O3S. The lowest BCUT2D eigenvalue weighted by atomic mass is 9.92. The monoisotopic (exact) mass is 386 g/mol. The molecule has 2 unspecified atom stereocenters. The standard InChI is InChI=1S/C21H26N2O3S/c1-21(16-7-6-8-17(13-16)22-27(2,24)25)19-14-23(15-20(19)21)11-12-26-18-9-4-3-5-10-18/h3-10,13,19-20,22H,11-12,14-15H2,1-2H3. The minimum atomic E-state index is -3.25. The molecule has 27 heavy (non-hydrogen) atoms. The number of nitrogens with zero attached hydrogens (tertiary/aromatic N) is 1. The molecule has 144 valence electrons. The maximum absolute atomic E-state index is 11.5. The summed E-state index contributed by atoms with van der Waals surface area (Å²) in [6.07, 6.45) is 1.18. The third-order valence-electron chi connectivity index (χ3n) is 6.03. The first kappa shape index (κ1) is 18.3. The Kier molecular flexibility index (Phi) is 4.64. The Morgan fingerprint density at radius 1 is 1.11 bits per heavy atom. The van der Waals surface area contributed by atoms with E-state index in [4.69, 9.17) is 4.74 Å². The van der Waals surface area contributed by atoms with E-state index in [1.54, 1.807) is 6.07 Å². The average molecular weight is 387 g/mol. The molecule has 2 atom stereocenters. The van der Waals surface area contributed by atoms with Crippen LogP contribution in [0.25, 0.3) is 0 Å².